The Morgan fingerprint density at radius 3 is 2.14 bits per heavy atom. The molecular formula is C31H45FN8O3. The highest BCUT2D eigenvalue weighted by atomic mass is 19.1. The van der Waals surface area contributed by atoms with Crippen molar-refractivity contribution in [3.8, 4) is 0 Å². The van der Waals surface area contributed by atoms with Gasteiger partial charge in [0.25, 0.3) is 5.91 Å². The number of aromatic nitrogens is 3. The van der Waals surface area contributed by atoms with Gasteiger partial charge in [-0.15, -0.1) is 0 Å². The van der Waals surface area contributed by atoms with Crippen molar-refractivity contribution < 1.29 is 18.7 Å². The average molecular weight is 597 g/mol. The first-order chi connectivity index (χ1) is 21.1. The second-order valence-corrected chi connectivity index (χ2v) is 9.95. The maximum atomic E-state index is 13.3. The van der Waals surface area contributed by atoms with E-state index in [9.17, 15) is 9.18 Å². The van der Waals surface area contributed by atoms with Crippen LogP contribution in [0.3, 0.4) is 0 Å². The summed E-state index contributed by atoms with van der Waals surface area (Å²) < 4.78 is 24.0. The highest BCUT2D eigenvalue weighted by Crippen LogP contribution is 2.18. The third-order valence-corrected chi connectivity index (χ3v) is 6.38. The molecule has 234 valence electrons. The zero-order valence-corrected chi connectivity index (χ0v) is 25.0. The number of amides is 1. The second-order valence-electron chi connectivity index (χ2n) is 9.95. The lowest BCUT2D eigenvalue weighted by atomic mass is 10.1. The summed E-state index contributed by atoms with van der Waals surface area (Å²) in [6.45, 7) is 6.09. The van der Waals surface area contributed by atoms with Crippen molar-refractivity contribution in [2.45, 2.75) is 52.0 Å². The molecule has 0 saturated heterocycles. The van der Waals surface area contributed by atoms with E-state index in [0.717, 1.165) is 30.6 Å². The van der Waals surface area contributed by atoms with Crippen LogP contribution in [0.4, 0.5) is 27.9 Å². The molecule has 0 bridgehead atoms. The van der Waals surface area contributed by atoms with Crippen molar-refractivity contribution in [3.63, 3.8) is 0 Å². The van der Waals surface area contributed by atoms with E-state index in [2.05, 4.69) is 43.1 Å². The number of nitrogens with zero attached hydrogens (tertiary/aromatic N) is 3. The smallest absolute Gasteiger partial charge is 0.251 e. The lowest BCUT2D eigenvalue weighted by molar-refractivity contribution is 0.0511. The molecule has 0 aliphatic carbocycles. The van der Waals surface area contributed by atoms with Gasteiger partial charge in [0.05, 0.1) is 26.4 Å². The molecule has 0 fully saturated rings. The molecule has 0 aliphatic rings. The van der Waals surface area contributed by atoms with Gasteiger partial charge in [0, 0.05) is 37.4 Å². The summed E-state index contributed by atoms with van der Waals surface area (Å²) in [4.78, 5) is 26.1. The molecule has 1 amide bonds. The molecule has 12 heteroatoms. The number of hydrogen-bond acceptors (Lipinski definition) is 10. The van der Waals surface area contributed by atoms with Crippen LogP contribution in [0.15, 0.2) is 48.5 Å². The van der Waals surface area contributed by atoms with Gasteiger partial charge in [0.15, 0.2) is 0 Å². The normalized spacial score (nSPS) is 10.9. The summed E-state index contributed by atoms with van der Waals surface area (Å²) in [6.07, 6.45) is 7.15. The molecule has 11 nitrogen and oxygen atoms in total. The minimum absolute atomic E-state index is 0.192. The minimum Gasteiger partial charge on any atom is -0.378 e. The Hall–Kier alpha value is -3.87. The molecule has 43 heavy (non-hydrogen) atoms. The first kappa shape index (κ1) is 33.6. The fraction of sp³-hybridized carbons (Fsp3) is 0.484. The predicted octanol–water partition coefficient (Wildman–Crippen LogP) is 4.86. The summed E-state index contributed by atoms with van der Waals surface area (Å²) >= 11 is 0. The van der Waals surface area contributed by atoms with Crippen molar-refractivity contribution in [3.05, 3.63) is 65.5 Å². The van der Waals surface area contributed by atoms with E-state index in [-0.39, 0.29) is 11.7 Å². The molecule has 2 aromatic carbocycles. The Morgan fingerprint density at radius 1 is 0.767 bits per heavy atom. The standard InChI is InChI=1S/C31H45FN8O3/c1-2-3-4-5-6-7-17-35-29-38-30(36-23-24-8-12-26(32)13-9-24)40-31(39-29)37-27-14-10-25(11-15-27)28(41)34-18-20-43-22-21-42-19-16-33/h8-15H,2-7,16-23,33H2,1H3,(H,34,41)(H3,35,36,37,38,39,40). The van der Waals surface area contributed by atoms with Crippen LogP contribution < -0.4 is 27.0 Å². The van der Waals surface area contributed by atoms with E-state index in [4.69, 9.17) is 15.2 Å². The van der Waals surface area contributed by atoms with Gasteiger partial charge in [-0.05, 0) is 48.4 Å². The third kappa shape index (κ3) is 13.8. The van der Waals surface area contributed by atoms with Crippen LogP contribution in [0.25, 0.3) is 0 Å². The Kier molecular flexibility index (Phi) is 15.7. The Bertz CT molecular complexity index is 1200. The molecular weight excluding hydrogens is 551 g/mol. The number of rotatable bonds is 22. The number of anilines is 4. The SMILES string of the molecule is CCCCCCCCNc1nc(NCc2ccc(F)cc2)nc(Nc2ccc(C(=O)NCCOCCOCCN)cc2)n1. The van der Waals surface area contributed by atoms with Gasteiger partial charge in [0.1, 0.15) is 5.82 Å². The third-order valence-electron chi connectivity index (χ3n) is 6.38. The number of hydrogen-bond donors (Lipinski definition) is 5. The van der Waals surface area contributed by atoms with Crippen LogP contribution in [0, 0.1) is 5.82 Å². The fourth-order valence-electron chi connectivity index (χ4n) is 4.06. The van der Waals surface area contributed by atoms with Gasteiger partial charge in [-0.25, -0.2) is 4.39 Å². The van der Waals surface area contributed by atoms with Gasteiger partial charge in [0.2, 0.25) is 17.8 Å². The van der Waals surface area contributed by atoms with E-state index < -0.39 is 0 Å². The molecule has 0 radical (unpaired) electrons. The number of halogens is 1. The monoisotopic (exact) mass is 596 g/mol. The number of carbonyl (C=O) groups excluding carboxylic acids is 1. The largest absolute Gasteiger partial charge is 0.378 e. The lowest BCUT2D eigenvalue weighted by Crippen LogP contribution is -2.27. The van der Waals surface area contributed by atoms with Crippen LogP contribution in [-0.4, -0.2) is 66.9 Å². The lowest BCUT2D eigenvalue weighted by Gasteiger charge is -2.12. The zero-order chi connectivity index (χ0) is 30.5. The molecule has 0 saturated carbocycles. The Labute approximate surface area is 253 Å². The van der Waals surface area contributed by atoms with Gasteiger partial charge < -0.3 is 36.5 Å². The van der Waals surface area contributed by atoms with Crippen molar-refractivity contribution in [1.29, 1.82) is 0 Å². The number of carbonyl (C=O) groups is 1. The maximum absolute atomic E-state index is 13.3. The average Bonchev–Trinajstić information content (AvgIpc) is 3.02. The molecule has 0 spiro atoms. The first-order valence-electron chi connectivity index (χ1n) is 15.1. The zero-order valence-electron chi connectivity index (χ0n) is 25.0. The summed E-state index contributed by atoms with van der Waals surface area (Å²) in [5.41, 5.74) is 7.51. The minimum atomic E-state index is -0.283. The second kappa shape index (κ2) is 20.1. The molecule has 3 rings (SSSR count). The Morgan fingerprint density at radius 2 is 1.42 bits per heavy atom. The Balaban J connectivity index is 1.54. The molecule has 1 heterocycles. The number of benzene rings is 2. The molecule has 0 aliphatic heterocycles. The van der Waals surface area contributed by atoms with E-state index >= 15 is 0 Å². The highest BCUT2D eigenvalue weighted by molar-refractivity contribution is 5.94. The maximum Gasteiger partial charge on any atom is 0.251 e. The van der Waals surface area contributed by atoms with Crippen LogP contribution >= 0.6 is 0 Å². The highest BCUT2D eigenvalue weighted by Gasteiger charge is 2.09. The summed E-state index contributed by atoms with van der Waals surface area (Å²) in [7, 11) is 0. The van der Waals surface area contributed by atoms with E-state index in [1.165, 1.54) is 37.8 Å². The number of unbranched alkanes of at least 4 members (excludes halogenated alkanes) is 5. The van der Waals surface area contributed by atoms with Crippen molar-refractivity contribution in [2.24, 2.45) is 5.73 Å². The summed E-state index contributed by atoms with van der Waals surface area (Å²) in [6, 6.07) is 13.3. The van der Waals surface area contributed by atoms with Crippen LogP contribution in [-0.2, 0) is 16.0 Å². The quantitative estimate of drug-likeness (QED) is 0.102. The number of nitrogens with two attached hydrogens (primary N) is 1. The summed E-state index contributed by atoms with van der Waals surface area (Å²) in [5.74, 6) is 0.720. The van der Waals surface area contributed by atoms with Crippen LogP contribution in [0.5, 0.6) is 0 Å². The van der Waals surface area contributed by atoms with E-state index in [0.29, 0.717) is 69.5 Å². The van der Waals surface area contributed by atoms with Crippen molar-refractivity contribution in [2.75, 3.05) is 62.0 Å². The van der Waals surface area contributed by atoms with E-state index in [1.807, 2.05) is 0 Å². The van der Waals surface area contributed by atoms with Crippen molar-refractivity contribution >= 4 is 29.4 Å². The van der Waals surface area contributed by atoms with Gasteiger partial charge >= 0.3 is 0 Å². The molecule has 1 aromatic heterocycles. The molecule has 0 atom stereocenters. The van der Waals surface area contributed by atoms with Gasteiger partial charge in [-0.3, -0.25) is 4.79 Å². The van der Waals surface area contributed by atoms with Crippen LogP contribution in [0.1, 0.15) is 61.4 Å². The van der Waals surface area contributed by atoms with Crippen LogP contribution in [0.2, 0.25) is 0 Å². The topological polar surface area (TPSA) is 148 Å². The van der Waals surface area contributed by atoms with Crippen molar-refractivity contribution in [1.82, 2.24) is 20.3 Å². The molecule has 6 N–H and O–H groups in total. The number of ether oxygens (including phenoxy) is 2. The fourth-order valence-corrected chi connectivity index (χ4v) is 4.06. The first-order valence-corrected chi connectivity index (χ1v) is 15.1. The molecule has 3 aromatic rings. The van der Waals surface area contributed by atoms with Gasteiger partial charge in [-0.1, -0.05) is 51.2 Å². The predicted molar refractivity (Wildman–Crippen MR) is 168 cm³/mol. The van der Waals surface area contributed by atoms with E-state index in [1.54, 1.807) is 36.4 Å². The number of nitrogens with one attached hydrogen (secondary N) is 4. The van der Waals surface area contributed by atoms with Gasteiger partial charge in [-0.2, -0.15) is 15.0 Å². The summed E-state index contributed by atoms with van der Waals surface area (Å²) in [5, 5.41) is 12.5. The molecule has 0 unspecified atom stereocenters.